The molecule has 0 saturated heterocycles. The molecule has 1 N–H and O–H groups in total. The van der Waals surface area contributed by atoms with Crippen molar-refractivity contribution < 1.29 is 4.79 Å². The van der Waals surface area contributed by atoms with Crippen molar-refractivity contribution in [1.29, 1.82) is 0 Å². The molecule has 0 aliphatic rings. The molecule has 3 aromatic rings. The highest BCUT2D eigenvalue weighted by molar-refractivity contribution is 5.94. The van der Waals surface area contributed by atoms with Gasteiger partial charge in [0, 0.05) is 41.8 Å². The molecule has 5 nitrogen and oxygen atoms in total. The summed E-state index contributed by atoms with van der Waals surface area (Å²) >= 11 is 0. The molecule has 0 aliphatic heterocycles. The zero-order chi connectivity index (χ0) is 20.1. The zero-order valence-electron chi connectivity index (χ0n) is 17.0. The number of aryl methyl sites for hydroxylation is 3. The standard InChI is InChI=1S/C23H28N4O/c1-17(2)27(23(28)14-15-26-19(4)16-18(3)25-26)22-12-10-21(11-13-22)24-20-8-6-5-7-9-20/h5-13,16-17,24H,14-15H2,1-4H3. The Morgan fingerprint density at radius 1 is 1.04 bits per heavy atom. The van der Waals surface area contributed by atoms with Crippen LogP contribution in [-0.2, 0) is 11.3 Å². The second-order valence-corrected chi connectivity index (χ2v) is 7.30. The van der Waals surface area contributed by atoms with Crippen LogP contribution in [0.1, 0.15) is 31.7 Å². The first-order chi connectivity index (χ1) is 13.4. The lowest BCUT2D eigenvalue weighted by Gasteiger charge is -2.27. The summed E-state index contributed by atoms with van der Waals surface area (Å²) in [7, 11) is 0. The molecule has 0 fully saturated rings. The number of hydrogen-bond donors (Lipinski definition) is 1. The minimum absolute atomic E-state index is 0.0842. The number of benzene rings is 2. The van der Waals surface area contributed by atoms with Crippen LogP contribution in [0.4, 0.5) is 17.1 Å². The fraction of sp³-hybridized carbons (Fsp3) is 0.304. The van der Waals surface area contributed by atoms with E-state index in [1.807, 2.05) is 97.9 Å². The van der Waals surface area contributed by atoms with E-state index in [0.717, 1.165) is 28.5 Å². The minimum Gasteiger partial charge on any atom is -0.356 e. The van der Waals surface area contributed by atoms with Crippen LogP contribution < -0.4 is 10.2 Å². The molecule has 0 spiro atoms. The van der Waals surface area contributed by atoms with Crippen LogP contribution in [0.15, 0.2) is 60.7 Å². The van der Waals surface area contributed by atoms with Crippen LogP contribution in [0.5, 0.6) is 0 Å². The summed E-state index contributed by atoms with van der Waals surface area (Å²) in [5.74, 6) is 0.103. The normalized spacial score (nSPS) is 10.9. The SMILES string of the molecule is Cc1cc(C)n(CCC(=O)N(c2ccc(Nc3ccccc3)cc2)C(C)C)n1. The van der Waals surface area contributed by atoms with E-state index in [0.29, 0.717) is 13.0 Å². The second-order valence-electron chi connectivity index (χ2n) is 7.30. The first-order valence-electron chi connectivity index (χ1n) is 9.69. The van der Waals surface area contributed by atoms with Gasteiger partial charge in [0.1, 0.15) is 0 Å². The molecule has 0 atom stereocenters. The molecule has 0 unspecified atom stereocenters. The van der Waals surface area contributed by atoms with E-state index in [4.69, 9.17) is 0 Å². The van der Waals surface area contributed by atoms with E-state index in [1.165, 1.54) is 0 Å². The molecule has 0 saturated carbocycles. The Morgan fingerprint density at radius 2 is 1.68 bits per heavy atom. The molecule has 1 aromatic heterocycles. The van der Waals surface area contributed by atoms with E-state index < -0.39 is 0 Å². The van der Waals surface area contributed by atoms with Crippen LogP contribution in [0.25, 0.3) is 0 Å². The van der Waals surface area contributed by atoms with Crippen LogP contribution in [-0.4, -0.2) is 21.7 Å². The average molecular weight is 377 g/mol. The number of carbonyl (C=O) groups is 1. The molecule has 0 radical (unpaired) electrons. The number of amides is 1. The van der Waals surface area contributed by atoms with Crippen LogP contribution in [0.3, 0.4) is 0 Å². The Hall–Kier alpha value is -3.08. The molecule has 0 aliphatic carbocycles. The molecule has 1 amide bonds. The quantitative estimate of drug-likeness (QED) is 0.626. The number of rotatable bonds is 7. The van der Waals surface area contributed by atoms with E-state index >= 15 is 0 Å². The maximum absolute atomic E-state index is 12.9. The smallest absolute Gasteiger partial charge is 0.229 e. The molecule has 28 heavy (non-hydrogen) atoms. The van der Waals surface area contributed by atoms with Gasteiger partial charge in [-0.15, -0.1) is 0 Å². The van der Waals surface area contributed by atoms with Crippen LogP contribution in [0, 0.1) is 13.8 Å². The predicted octanol–water partition coefficient (Wildman–Crippen LogP) is 5.08. The number of aromatic nitrogens is 2. The van der Waals surface area contributed by atoms with Crippen molar-refractivity contribution >= 4 is 23.0 Å². The number of anilines is 3. The van der Waals surface area contributed by atoms with Gasteiger partial charge in [0.2, 0.25) is 5.91 Å². The van der Waals surface area contributed by atoms with E-state index in [2.05, 4.69) is 10.4 Å². The van der Waals surface area contributed by atoms with Crippen molar-refractivity contribution in [2.24, 2.45) is 0 Å². The average Bonchev–Trinajstić information content (AvgIpc) is 2.99. The van der Waals surface area contributed by atoms with Crippen molar-refractivity contribution in [3.63, 3.8) is 0 Å². The van der Waals surface area contributed by atoms with Gasteiger partial charge in [0.05, 0.1) is 5.69 Å². The number of nitrogens with one attached hydrogen (secondary N) is 1. The summed E-state index contributed by atoms with van der Waals surface area (Å²) in [5, 5.41) is 7.82. The van der Waals surface area contributed by atoms with E-state index in [-0.39, 0.29) is 11.9 Å². The Kier molecular flexibility index (Phi) is 6.14. The summed E-state index contributed by atoms with van der Waals surface area (Å²) in [5.41, 5.74) is 5.00. The Labute approximate surface area is 167 Å². The van der Waals surface area contributed by atoms with Gasteiger partial charge in [-0.1, -0.05) is 18.2 Å². The molecule has 146 valence electrons. The molecule has 1 heterocycles. The van der Waals surface area contributed by atoms with Gasteiger partial charge in [-0.05, 0) is 70.2 Å². The van der Waals surface area contributed by atoms with Gasteiger partial charge < -0.3 is 10.2 Å². The molecule has 3 rings (SSSR count). The number of hydrogen-bond acceptors (Lipinski definition) is 3. The molecule has 5 heteroatoms. The van der Waals surface area contributed by atoms with Gasteiger partial charge >= 0.3 is 0 Å². The molecule has 0 bridgehead atoms. The maximum Gasteiger partial charge on any atom is 0.229 e. The van der Waals surface area contributed by atoms with Crippen molar-refractivity contribution in [3.8, 4) is 0 Å². The number of nitrogens with zero attached hydrogens (tertiary/aromatic N) is 3. The highest BCUT2D eigenvalue weighted by Crippen LogP contribution is 2.23. The fourth-order valence-electron chi connectivity index (χ4n) is 3.35. The van der Waals surface area contributed by atoms with Gasteiger partial charge in [0.15, 0.2) is 0 Å². The van der Waals surface area contributed by atoms with E-state index in [9.17, 15) is 4.79 Å². The summed E-state index contributed by atoms with van der Waals surface area (Å²) in [4.78, 5) is 14.8. The lowest BCUT2D eigenvalue weighted by molar-refractivity contribution is -0.119. The molecule has 2 aromatic carbocycles. The minimum atomic E-state index is 0.0842. The van der Waals surface area contributed by atoms with Crippen LogP contribution in [0.2, 0.25) is 0 Å². The third-order valence-corrected chi connectivity index (χ3v) is 4.63. The fourth-order valence-corrected chi connectivity index (χ4v) is 3.35. The Balaban J connectivity index is 1.69. The highest BCUT2D eigenvalue weighted by Gasteiger charge is 2.19. The maximum atomic E-state index is 12.9. The topological polar surface area (TPSA) is 50.2 Å². The summed E-state index contributed by atoms with van der Waals surface area (Å²) in [6.07, 6.45) is 0.421. The van der Waals surface area contributed by atoms with Gasteiger partial charge in [-0.25, -0.2) is 0 Å². The zero-order valence-corrected chi connectivity index (χ0v) is 17.0. The van der Waals surface area contributed by atoms with Crippen LogP contribution >= 0.6 is 0 Å². The monoisotopic (exact) mass is 376 g/mol. The molecular formula is C23H28N4O. The van der Waals surface area contributed by atoms with Gasteiger partial charge in [-0.2, -0.15) is 5.10 Å². The summed E-state index contributed by atoms with van der Waals surface area (Å²) in [6, 6.07) is 20.2. The van der Waals surface area contributed by atoms with Crippen molar-refractivity contribution in [1.82, 2.24) is 9.78 Å². The van der Waals surface area contributed by atoms with Gasteiger partial charge in [0.25, 0.3) is 0 Å². The van der Waals surface area contributed by atoms with Crippen molar-refractivity contribution in [2.75, 3.05) is 10.2 Å². The number of para-hydroxylation sites is 1. The Morgan fingerprint density at radius 3 is 2.25 bits per heavy atom. The first-order valence-corrected chi connectivity index (χ1v) is 9.69. The summed E-state index contributed by atoms with van der Waals surface area (Å²) in [6.45, 7) is 8.66. The third-order valence-electron chi connectivity index (χ3n) is 4.63. The predicted molar refractivity (Wildman–Crippen MR) is 115 cm³/mol. The number of carbonyl (C=O) groups excluding carboxylic acids is 1. The van der Waals surface area contributed by atoms with Gasteiger partial charge in [-0.3, -0.25) is 9.48 Å². The summed E-state index contributed by atoms with van der Waals surface area (Å²) < 4.78 is 1.90. The molecular weight excluding hydrogens is 348 g/mol. The lowest BCUT2D eigenvalue weighted by atomic mass is 10.2. The Bertz CT molecular complexity index is 914. The third kappa shape index (κ3) is 4.80. The largest absolute Gasteiger partial charge is 0.356 e. The first kappa shape index (κ1) is 19.7. The van der Waals surface area contributed by atoms with E-state index in [1.54, 1.807) is 0 Å². The van der Waals surface area contributed by atoms with Crippen molar-refractivity contribution in [3.05, 3.63) is 72.1 Å². The highest BCUT2D eigenvalue weighted by atomic mass is 16.2. The van der Waals surface area contributed by atoms with Crippen molar-refractivity contribution in [2.45, 2.75) is 46.7 Å². The second kappa shape index (κ2) is 8.74. The lowest BCUT2D eigenvalue weighted by Crippen LogP contribution is -2.37.